The van der Waals surface area contributed by atoms with E-state index in [9.17, 15) is 4.39 Å². The summed E-state index contributed by atoms with van der Waals surface area (Å²) in [5, 5.41) is 18.1. The first kappa shape index (κ1) is 17.3. The van der Waals surface area contributed by atoms with Gasteiger partial charge in [-0.15, -0.1) is 10.2 Å². The van der Waals surface area contributed by atoms with Crippen molar-refractivity contribution in [3.05, 3.63) is 78.1 Å². The molecule has 0 radical (unpaired) electrons. The summed E-state index contributed by atoms with van der Waals surface area (Å²) in [4.78, 5) is 6.15. The summed E-state index contributed by atoms with van der Waals surface area (Å²) in [7, 11) is 0. The topological polar surface area (TPSA) is 70.6 Å². The van der Waals surface area contributed by atoms with Gasteiger partial charge in [-0.1, -0.05) is 6.07 Å². The summed E-state index contributed by atoms with van der Waals surface area (Å²) in [6.45, 7) is 1.76. The van der Waals surface area contributed by atoms with E-state index in [2.05, 4.69) is 38.3 Å². The number of pyridine rings is 1. The number of halogens is 1. The molecule has 0 saturated carbocycles. The SMILES string of the molecule is N#Cc1ccc(N2CCC(c3ccc4c(ccn4-c4cncc(F)c4)c3)C2)nn1. The molecule has 0 amide bonds. The van der Waals surface area contributed by atoms with Crippen LogP contribution in [0.5, 0.6) is 0 Å². The fourth-order valence-electron chi connectivity index (χ4n) is 3.97. The van der Waals surface area contributed by atoms with E-state index in [1.165, 1.54) is 17.8 Å². The molecule has 1 unspecified atom stereocenters. The normalized spacial score (nSPS) is 16.3. The quantitative estimate of drug-likeness (QED) is 0.537. The van der Waals surface area contributed by atoms with Crippen LogP contribution in [0.2, 0.25) is 0 Å². The lowest BCUT2D eigenvalue weighted by atomic mass is 9.97. The van der Waals surface area contributed by atoms with E-state index in [1.807, 2.05) is 29.0 Å². The fourth-order valence-corrected chi connectivity index (χ4v) is 3.97. The van der Waals surface area contributed by atoms with Crippen LogP contribution >= 0.6 is 0 Å². The highest BCUT2D eigenvalue weighted by molar-refractivity contribution is 5.82. The molecule has 0 aliphatic carbocycles. The lowest BCUT2D eigenvalue weighted by Gasteiger charge is -2.17. The van der Waals surface area contributed by atoms with Gasteiger partial charge >= 0.3 is 0 Å². The average molecular weight is 384 g/mol. The number of nitriles is 1. The summed E-state index contributed by atoms with van der Waals surface area (Å²) < 4.78 is 15.5. The van der Waals surface area contributed by atoms with E-state index in [-0.39, 0.29) is 5.82 Å². The maximum atomic E-state index is 13.5. The molecule has 0 spiro atoms. The van der Waals surface area contributed by atoms with Gasteiger partial charge in [-0.25, -0.2) is 4.39 Å². The molecule has 1 aliphatic heterocycles. The number of aromatic nitrogens is 4. The van der Waals surface area contributed by atoms with Crippen LogP contribution in [0.4, 0.5) is 10.2 Å². The van der Waals surface area contributed by atoms with Crippen molar-refractivity contribution in [1.29, 1.82) is 5.26 Å². The second kappa shape index (κ2) is 6.99. The average Bonchev–Trinajstić information content (AvgIpc) is 3.41. The fraction of sp³-hybridized carbons (Fsp3) is 0.182. The number of rotatable bonds is 3. The molecular weight excluding hydrogens is 367 g/mol. The Bertz CT molecular complexity index is 1220. The van der Waals surface area contributed by atoms with E-state index in [0.717, 1.165) is 36.2 Å². The number of benzene rings is 1. The van der Waals surface area contributed by atoms with Crippen molar-refractivity contribution in [2.45, 2.75) is 12.3 Å². The van der Waals surface area contributed by atoms with Gasteiger partial charge in [-0.2, -0.15) is 5.26 Å². The first-order valence-electron chi connectivity index (χ1n) is 9.42. The van der Waals surface area contributed by atoms with Crippen molar-refractivity contribution >= 4 is 16.7 Å². The van der Waals surface area contributed by atoms with Gasteiger partial charge in [0.15, 0.2) is 11.5 Å². The Hall–Kier alpha value is -3.79. The van der Waals surface area contributed by atoms with Crippen molar-refractivity contribution in [1.82, 2.24) is 19.7 Å². The molecule has 29 heavy (non-hydrogen) atoms. The number of nitrogens with zero attached hydrogens (tertiary/aromatic N) is 6. The Morgan fingerprint density at radius 1 is 1.07 bits per heavy atom. The summed E-state index contributed by atoms with van der Waals surface area (Å²) in [6.07, 6.45) is 5.83. The number of hydrogen-bond donors (Lipinski definition) is 0. The van der Waals surface area contributed by atoms with E-state index in [1.54, 1.807) is 12.3 Å². The van der Waals surface area contributed by atoms with Gasteiger partial charge in [0, 0.05) is 36.7 Å². The minimum Gasteiger partial charge on any atom is -0.354 e. The third kappa shape index (κ3) is 3.19. The maximum absolute atomic E-state index is 13.5. The van der Waals surface area contributed by atoms with Crippen LogP contribution in [0.1, 0.15) is 23.6 Å². The molecule has 3 aromatic heterocycles. The van der Waals surface area contributed by atoms with Gasteiger partial charge in [0.25, 0.3) is 0 Å². The highest BCUT2D eigenvalue weighted by Gasteiger charge is 2.25. The van der Waals surface area contributed by atoms with E-state index < -0.39 is 0 Å². The largest absolute Gasteiger partial charge is 0.354 e. The van der Waals surface area contributed by atoms with Gasteiger partial charge in [0.1, 0.15) is 11.9 Å². The Morgan fingerprint density at radius 2 is 2.00 bits per heavy atom. The molecule has 1 atom stereocenters. The highest BCUT2D eigenvalue weighted by atomic mass is 19.1. The van der Waals surface area contributed by atoms with Crippen LogP contribution in [-0.2, 0) is 0 Å². The Kier molecular flexibility index (Phi) is 4.17. The number of fused-ring (bicyclic) bond motifs is 1. The molecule has 142 valence electrons. The monoisotopic (exact) mass is 384 g/mol. The van der Waals surface area contributed by atoms with Crippen molar-refractivity contribution in [2.75, 3.05) is 18.0 Å². The zero-order valence-electron chi connectivity index (χ0n) is 15.5. The maximum Gasteiger partial charge on any atom is 0.163 e. The third-order valence-corrected chi connectivity index (χ3v) is 5.43. The first-order valence-corrected chi connectivity index (χ1v) is 9.42. The predicted octanol–water partition coefficient (Wildman–Crippen LogP) is 3.82. The van der Waals surface area contributed by atoms with Crippen molar-refractivity contribution < 1.29 is 4.39 Å². The lowest BCUT2D eigenvalue weighted by Crippen LogP contribution is -2.20. The van der Waals surface area contributed by atoms with Crippen LogP contribution in [0.25, 0.3) is 16.6 Å². The molecule has 1 aromatic carbocycles. The molecule has 7 heteroatoms. The van der Waals surface area contributed by atoms with Gasteiger partial charge < -0.3 is 9.47 Å². The molecule has 4 aromatic rings. The third-order valence-electron chi connectivity index (χ3n) is 5.43. The van der Waals surface area contributed by atoms with Crippen molar-refractivity contribution in [3.8, 4) is 11.8 Å². The molecule has 1 fully saturated rings. The van der Waals surface area contributed by atoms with E-state index in [4.69, 9.17) is 5.26 Å². The summed E-state index contributed by atoms with van der Waals surface area (Å²) >= 11 is 0. The van der Waals surface area contributed by atoms with Crippen molar-refractivity contribution in [2.24, 2.45) is 0 Å². The molecule has 1 aliphatic rings. The summed E-state index contributed by atoms with van der Waals surface area (Å²) in [6, 6.07) is 15.5. The van der Waals surface area contributed by atoms with Crippen LogP contribution in [0, 0.1) is 17.1 Å². The molecule has 1 saturated heterocycles. The second-order valence-corrected chi connectivity index (χ2v) is 7.19. The Balaban J connectivity index is 1.39. The molecule has 6 nitrogen and oxygen atoms in total. The standard InChI is InChI=1S/C22H17FN6/c23-18-10-20(13-25-12-18)29-8-6-16-9-15(1-3-21(16)29)17-5-7-28(14-17)22-4-2-19(11-24)26-27-22/h1-4,6,8-10,12-13,17H,5,7,14H2. The van der Waals surface area contributed by atoms with Crippen LogP contribution in [0.3, 0.4) is 0 Å². The Labute approximate surface area is 166 Å². The zero-order valence-corrected chi connectivity index (χ0v) is 15.5. The molecule has 5 rings (SSSR count). The minimum absolute atomic E-state index is 0.327. The predicted molar refractivity (Wildman–Crippen MR) is 107 cm³/mol. The van der Waals surface area contributed by atoms with Gasteiger partial charge in [0.2, 0.25) is 0 Å². The van der Waals surface area contributed by atoms with Crippen molar-refractivity contribution in [3.63, 3.8) is 0 Å². The van der Waals surface area contributed by atoms with Crippen LogP contribution in [-0.4, -0.2) is 32.8 Å². The first-order chi connectivity index (χ1) is 14.2. The number of hydrogen-bond acceptors (Lipinski definition) is 5. The highest BCUT2D eigenvalue weighted by Crippen LogP contribution is 2.32. The van der Waals surface area contributed by atoms with E-state index in [0.29, 0.717) is 17.3 Å². The molecular formula is C22H17FN6. The minimum atomic E-state index is -0.349. The summed E-state index contributed by atoms with van der Waals surface area (Å²) in [5.41, 5.74) is 3.33. The molecule has 0 N–H and O–H groups in total. The zero-order chi connectivity index (χ0) is 19.8. The van der Waals surface area contributed by atoms with Crippen LogP contribution in [0.15, 0.2) is 61.1 Å². The van der Waals surface area contributed by atoms with Gasteiger partial charge in [-0.05, 0) is 42.3 Å². The van der Waals surface area contributed by atoms with Crippen LogP contribution < -0.4 is 4.90 Å². The van der Waals surface area contributed by atoms with Gasteiger partial charge in [0.05, 0.1) is 23.6 Å². The second-order valence-electron chi connectivity index (χ2n) is 7.19. The molecule has 4 heterocycles. The number of anilines is 1. The summed E-state index contributed by atoms with van der Waals surface area (Å²) in [5.74, 6) is 0.853. The smallest absolute Gasteiger partial charge is 0.163 e. The Morgan fingerprint density at radius 3 is 2.79 bits per heavy atom. The lowest BCUT2D eigenvalue weighted by molar-refractivity contribution is 0.620. The molecule has 0 bridgehead atoms. The van der Waals surface area contributed by atoms with Gasteiger partial charge in [-0.3, -0.25) is 4.98 Å². The van der Waals surface area contributed by atoms with E-state index >= 15 is 0 Å².